The van der Waals surface area contributed by atoms with E-state index in [1.54, 1.807) is 12.1 Å². The average Bonchev–Trinajstić information content (AvgIpc) is 2.05. The Hall–Kier alpha value is -1.36. The van der Waals surface area contributed by atoms with Crippen molar-refractivity contribution in [2.24, 2.45) is 0 Å². The van der Waals surface area contributed by atoms with Gasteiger partial charge >= 0.3 is 0 Å². The van der Waals surface area contributed by atoms with Gasteiger partial charge in [-0.1, -0.05) is 24.3 Å². The van der Waals surface area contributed by atoms with Crippen molar-refractivity contribution >= 4 is 0 Å². The third-order valence-corrected chi connectivity index (χ3v) is 1.78. The van der Waals surface area contributed by atoms with Crippen molar-refractivity contribution in [1.29, 1.82) is 0 Å². The number of halogens is 1. The summed E-state index contributed by atoms with van der Waals surface area (Å²) in [6, 6.07) is 7.24. The molecule has 0 heterocycles. The number of benzene rings is 1. The second kappa shape index (κ2) is 3.87. The lowest BCUT2D eigenvalue weighted by atomic mass is 10.1. The van der Waals surface area contributed by atoms with Crippen molar-refractivity contribution in [2.75, 3.05) is 6.54 Å². The predicted molar refractivity (Wildman–Crippen MR) is 46.5 cm³/mol. The highest BCUT2D eigenvalue weighted by atomic mass is 19.1. The molecule has 1 atom stereocenters. The SMILES string of the molecule is [C-]#[N+]CC(F)c1ccccc1C. The summed E-state index contributed by atoms with van der Waals surface area (Å²) in [4.78, 5) is 3.03. The molecular formula is C10H10FN. The number of aryl methyl sites for hydroxylation is 1. The van der Waals surface area contributed by atoms with Gasteiger partial charge in [-0.2, -0.15) is 0 Å². The molecule has 0 aliphatic heterocycles. The fourth-order valence-electron chi connectivity index (χ4n) is 1.12. The Balaban J connectivity index is 2.88. The van der Waals surface area contributed by atoms with Crippen molar-refractivity contribution in [3.05, 3.63) is 46.8 Å². The van der Waals surface area contributed by atoms with Gasteiger partial charge in [0.2, 0.25) is 6.54 Å². The summed E-state index contributed by atoms with van der Waals surface area (Å²) in [5, 5.41) is 0. The highest BCUT2D eigenvalue weighted by molar-refractivity contribution is 5.28. The summed E-state index contributed by atoms with van der Waals surface area (Å²) in [5.41, 5.74) is 1.54. The first-order chi connectivity index (χ1) is 5.75. The smallest absolute Gasteiger partial charge is 0.249 e. The van der Waals surface area contributed by atoms with Crippen LogP contribution in [0, 0.1) is 13.5 Å². The van der Waals surface area contributed by atoms with Gasteiger partial charge in [-0.15, -0.1) is 0 Å². The molecule has 0 spiro atoms. The topological polar surface area (TPSA) is 4.36 Å². The predicted octanol–water partition coefficient (Wildman–Crippen LogP) is 2.92. The molecule has 0 saturated heterocycles. The molecule has 0 amide bonds. The van der Waals surface area contributed by atoms with Crippen LogP contribution in [0.3, 0.4) is 0 Å². The normalized spacial score (nSPS) is 12.1. The molecule has 1 rings (SSSR count). The van der Waals surface area contributed by atoms with Crippen LogP contribution in [0.2, 0.25) is 0 Å². The highest BCUT2D eigenvalue weighted by Gasteiger charge is 2.13. The van der Waals surface area contributed by atoms with E-state index in [9.17, 15) is 4.39 Å². The van der Waals surface area contributed by atoms with Gasteiger partial charge < -0.3 is 4.85 Å². The standard InChI is InChI=1S/C10H10FN/c1-8-5-3-4-6-9(8)10(11)7-12-2/h3-6,10H,7H2,1H3. The third kappa shape index (κ3) is 1.82. The van der Waals surface area contributed by atoms with E-state index in [1.807, 2.05) is 19.1 Å². The lowest BCUT2D eigenvalue weighted by molar-refractivity contribution is 0.366. The summed E-state index contributed by atoms with van der Waals surface area (Å²) in [6.45, 7) is 8.31. The molecular weight excluding hydrogens is 153 g/mol. The molecule has 62 valence electrons. The Morgan fingerprint density at radius 1 is 1.50 bits per heavy atom. The van der Waals surface area contributed by atoms with Crippen LogP contribution in [-0.4, -0.2) is 6.54 Å². The van der Waals surface area contributed by atoms with Crippen LogP contribution in [0.4, 0.5) is 4.39 Å². The zero-order valence-electron chi connectivity index (χ0n) is 6.92. The van der Waals surface area contributed by atoms with Crippen molar-refractivity contribution in [3.8, 4) is 0 Å². The first kappa shape index (κ1) is 8.73. The molecule has 0 fully saturated rings. The van der Waals surface area contributed by atoms with Crippen molar-refractivity contribution < 1.29 is 4.39 Å². The number of nitrogens with zero attached hydrogens (tertiary/aromatic N) is 1. The van der Waals surface area contributed by atoms with Crippen LogP contribution in [0.25, 0.3) is 4.85 Å². The summed E-state index contributed by atoms with van der Waals surface area (Å²) in [5.74, 6) is 0. The highest BCUT2D eigenvalue weighted by Crippen LogP contribution is 2.20. The molecule has 1 aromatic rings. The van der Waals surface area contributed by atoms with Crippen LogP contribution in [-0.2, 0) is 0 Å². The number of alkyl halides is 1. The van der Waals surface area contributed by atoms with Crippen molar-refractivity contribution in [3.63, 3.8) is 0 Å². The molecule has 1 aromatic carbocycles. The molecule has 0 saturated carbocycles. The van der Waals surface area contributed by atoms with E-state index in [0.717, 1.165) is 5.56 Å². The zero-order valence-corrected chi connectivity index (χ0v) is 6.92. The molecule has 0 radical (unpaired) electrons. The number of rotatable bonds is 2. The van der Waals surface area contributed by atoms with Gasteiger partial charge in [0.25, 0.3) is 0 Å². The van der Waals surface area contributed by atoms with Gasteiger partial charge in [-0.05, 0) is 18.1 Å². The Morgan fingerprint density at radius 3 is 2.75 bits per heavy atom. The van der Waals surface area contributed by atoms with E-state index >= 15 is 0 Å². The maximum Gasteiger partial charge on any atom is 0.249 e. The lowest BCUT2D eigenvalue weighted by Crippen LogP contribution is -1.96. The van der Waals surface area contributed by atoms with Gasteiger partial charge in [0, 0.05) is 0 Å². The lowest BCUT2D eigenvalue weighted by Gasteiger charge is -2.04. The van der Waals surface area contributed by atoms with Gasteiger partial charge in [-0.3, -0.25) is 0 Å². The molecule has 1 unspecified atom stereocenters. The van der Waals surface area contributed by atoms with Crippen LogP contribution >= 0.6 is 0 Å². The van der Waals surface area contributed by atoms with Gasteiger partial charge in [0.15, 0.2) is 6.17 Å². The molecule has 2 heteroatoms. The van der Waals surface area contributed by atoms with Crippen molar-refractivity contribution in [2.45, 2.75) is 13.1 Å². The molecule has 0 bridgehead atoms. The first-order valence-corrected chi connectivity index (χ1v) is 3.78. The summed E-state index contributed by atoms with van der Waals surface area (Å²) < 4.78 is 13.2. The van der Waals surface area contributed by atoms with Gasteiger partial charge in [0.05, 0.1) is 0 Å². The number of hydrogen-bond acceptors (Lipinski definition) is 0. The van der Waals surface area contributed by atoms with Crippen LogP contribution in [0.15, 0.2) is 24.3 Å². The molecule has 0 N–H and O–H groups in total. The largest absolute Gasteiger partial charge is 0.313 e. The second-order valence-electron chi connectivity index (χ2n) is 2.66. The zero-order chi connectivity index (χ0) is 8.97. The van der Waals surface area contributed by atoms with Crippen LogP contribution in [0.1, 0.15) is 17.3 Å². The third-order valence-electron chi connectivity index (χ3n) is 1.78. The fourth-order valence-corrected chi connectivity index (χ4v) is 1.12. The minimum atomic E-state index is -1.14. The molecule has 0 aromatic heterocycles. The summed E-state index contributed by atoms with van der Waals surface area (Å²) in [6.07, 6.45) is -1.14. The molecule has 1 nitrogen and oxygen atoms in total. The number of hydrogen-bond donors (Lipinski definition) is 0. The maximum atomic E-state index is 13.2. The van der Waals surface area contributed by atoms with E-state index in [0.29, 0.717) is 5.56 Å². The minimum absolute atomic E-state index is 0.0785. The van der Waals surface area contributed by atoms with E-state index in [-0.39, 0.29) is 6.54 Å². The van der Waals surface area contributed by atoms with Gasteiger partial charge in [0.1, 0.15) is 0 Å². The van der Waals surface area contributed by atoms with Crippen LogP contribution < -0.4 is 0 Å². The molecule has 0 aliphatic carbocycles. The second-order valence-corrected chi connectivity index (χ2v) is 2.66. The Bertz CT molecular complexity index is 301. The monoisotopic (exact) mass is 163 g/mol. The van der Waals surface area contributed by atoms with E-state index in [4.69, 9.17) is 6.57 Å². The fraction of sp³-hybridized carbons (Fsp3) is 0.300. The first-order valence-electron chi connectivity index (χ1n) is 3.78. The Morgan fingerprint density at radius 2 is 2.17 bits per heavy atom. The van der Waals surface area contributed by atoms with Crippen LogP contribution in [0.5, 0.6) is 0 Å². The summed E-state index contributed by atoms with van der Waals surface area (Å²) >= 11 is 0. The van der Waals surface area contributed by atoms with Gasteiger partial charge in [-0.25, -0.2) is 11.0 Å². The Kier molecular flexibility index (Phi) is 2.82. The maximum absolute atomic E-state index is 13.2. The van der Waals surface area contributed by atoms with E-state index in [2.05, 4.69) is 4.85 Å². The van der Waals surface area contributed by atoms with Crippen molar-refractivity contribution in [1.82, 2.24) is 0 Å². The Labute approximate surface area is 71.7 Å². The van der Waals surface area contributed by atoms with E-state index in [1.165, 1.54) is 0 Å². The molecule has 0 aliphatic rings. The average molecular weight is 163 g/mol. The summed E-state index contributed by atoms with van der Waals surface area (Å²) in [7, 11) is 0. The minimum Gasteiger partial charge on any atom is -0.313 e. The molecule has 12 heavy (non-hydrogen) atoms. The van der Waals surface area contributed by atoms with E-state index < -0.39 is 6.17 Å². The quantitative estimate of drug-likeness (QED) is 0.590.